The van der Waals surface area contributed by atoms with Gasteiger partial charge in [0.1, 0.15) is 11.2 Å². The van der Waals surface area contributed by atoms with E-state index < -0.39 is 6.55 Å². The number of nitrogens with zero attached hydrogens (tertiary/aromatic N) is 2. The molecule has 0 aliphatic heterocycles. The van der Waals surface area contributed by atoms with Gasteiger partial charge in [-0.2, -0.15) is 18.6 Å². The van der Waals surface area contributed by atoms with Crippen LogP contribution in [0.25, 0.3) is 0 Å². The van der Waals surface area contributed by atoms with Crippen molar-refractivity contribution >= 4 is 11.6 Å². The molecule has 1 aromatic rings. The van der Waals surface area contributed by atoms with Crippen LogP contribution in [0.3, 0.4) is 0 Å². The summed E-state index contributed by atoms with van der Waals surface area (Å²) in [6.07, 6.45) is 2.18. The van der Waals surface area contributed by atoms with Crippen molar-refractivity contribution in [3.63, 3.8) is 0 Å². The topological polar surface area (TPSA) is 27.1 Å². The van der Waals surface area contributed by atoms with Crippen LogP contribution in [0.5, 0.6) is 5.88 Å². The van der Waals surface area contributed by atoms with E-state index in [4.69, 9.17) is 16.3 Å². The molecule has 6 heteroatoms. The van der Waals surface area contributed by atoms with Crippen LogP contribution in [-0.2, 0) is 0 Å². The smallest absolute Gasteiger partial charge is 0.336 e. The highest BCUT2D eigenvalue weighted by atomic mass is 35.5. The van der Waals surface area contributed by atoms with E-state index in [0.717, 1.165) is 0 Å². The molecule has 1 aromatic heterocycles. The summed E-state index contributed by atoms with van der Waals surface area (Å²) in [6, 6.07) is 0. The van der Waals surface area contributed by atoms with Crippen molar-refractivity contribution in [3.8, 4) is 5.88 Å². The fraction of sp³-hybridized carbons (Fsp3) is 0.500. The Kier molecular flexibility index (Phi) is 2.86. The van der Waals surface area contributed by atoms with Gasteiger partial charge < -0.3 is 4.74 Å². The molecule has 3 nitrogen and oxygen atoms in total. The van der Waals surface area contributed by atoms with Crippen molar-refractivity contribution in [2.24, 2.45) is 0 Å². The maximum atomic E-state index is 12.1. The van der Waals surface area contributed by atoms with E-state index >= 15 is 0 Å². The van der Waals surface area contributed by atoms with Gasteiger partial charge in [-0.3, -0.25) is 0 Å². The largest absolute Gasteiger partial charge is 0.477 e. The molecule has 0 atom stereocenters. The van der Waals surface area contributed by atoms with E-state index in [9.17, 15) is 8.78 Å². The highest BCUT2D eigenvalue weighted by Gasteiger charge is 2.17. The van der Waals surface area contributed by atoms with Crippen LogP contribution in [0.2, 0.25) is 5.02 Å². The molecule has 0 aliphatic rings. The Bertz CT molecular complexity index is 264. The molecule has 0 aliphatic carbocycles. The van der Waals surface area contributed by atoms with Crippen LogP contribution in [0.15, 0.2) is 0 Å². The fourth-order valence-corrected chi connectivity index (χ4v) is 0.869. The Morgan fingerprint density at radius 3 is 2.92 bits per heavy atom. The van der Waals surface area contributed by atoms with E-state index in [-0.39, 0.29) is 17.5 Å². The second kappa shape index (κ2) is 3.71. The summed E-state index contributed by atoms with van der Waals surface area (Å²) in [5.41, 5.74) is 0. The lowest BCUT2D eigenvalue weighted by molar-refractivity contribution is 0.0459. The summed E-state index contributed by atoms with van der Waals surface area (Å²) in [6.45, 7) is -0.833. The second-order valence-electron chi connectivity index (χ2n) is 1.89. The first-order chi connectivity index (χ1) is 5.66. The van der Waals surface area contributed by atoms with Gasteiger partial charge >= 0.3 is 6.55 Å². The first-order valence-corrected chi connectivity index (χ1v) is 3.61. The number of rotatable bonds is 3. The molecule has 1 radical (unpaired) electrons. The molecule has 0 aromatic carbocycles. The summed E-state index contributed by atoms with van der Waals surface area (Å²) >= 11 is 5.47. The predicted octanol–water partition coefficient (Wildman–Crippen LogP) is 2.13. The second-order valence-corrected chi connectivity index (χ2v) is 2.26. The third kappa shape index (κ3) is 1.66. The maximum absolute atomic E-state index is 12.1. The van der Waals surface area contributed by atoms with E-state index in [1.165, 1.54) is 0 Å². The van der Waals surface area contributed by atoms with Crippen LogP contribution in [0.4, 0.5) is 8.78 Å². The molecule has 1 heterocycles. The van der Waals surface area contributed by atoms with Gasteiger partial charge in [0, 0.05) is 0 Å². The highest BCUT2D eigenvalue weighted by molar-refractivity contribution is 6.31. The zero-order valence-corrected chi connectivity index (χ0v) is 6.98. The monoisotopic (exact) mass is 195 g/mol. The highest BCUT2D eigenvalue weighted by Crippen LogP contribution is 2.27. The number of hydrogen-bond donors (Lipinski definition) is 0. The number of hydrogen-bond acceptors (Lipinski definition) is 2. The molecule has 0 saturated heterocycles. The SMILES string of the molecule is CCOc1c(Cl)[c]nn1C(F)F. The van der Waals surface area contributed by atoms with Gasteiger partial charge in [-0.25, -0.2) is 0 Å². The average molecular weight is 196 g/mol. The Morgan fingerprint density at radius 1 is 1.75 bits per heavy atom. The molecule has 0 bridgehead atoms. The molecule has 1 rings (SSSR count). The third-order valence-electron chi connectivity index (χ3n) is 1.12. The van der Waals surface area contributed by atoms with E-state index in [1.807, 2.05) is 0 Å². The van der Waals surface area contributed by atoms with Crippen LogP contribution < -0.4 is 4.74 Å². The lowest BCUT2D eigenvalue weighted by atomic mass is 10.7. The molecule has 12 heavy (non-hydrogen) atoms. The van der Waals surface area contributed by atoms with Gasteiger partial charge in [-0.15, -0.1) is 0 Å². The Labute approximate surface area is 72.9 Å². The normalized spacial score (nSPS) is 10.8. The maximum Gasteiger partial charge on any atom is 0.336 e. The lowest BCUT2D eigenvalue weighted by Gasteiger charge is -2.05. The molecule has 0 N–H and O–H groups in total. The van der Waals surface area contributed by atoms with Crippen molar-refractivity contribution < 1.29 is 13.5 Å². The molecular formula is C6H6ClF2N2O. The minimum Gasteiger partial charge on any atom is -0.477 e. The summed E-state index contributed by atoms with van der Waals surface area (Å²) in [5.74, 6) is -0.144. The van der Waals surface area contributed by atoms with Crippen molar-refractivity contribution in [1.82, 2.24) is 9.78 Å². The zero-order valence-electron chi connectivity index (χ0n) is 6.22. The minimum absolute atomic E-state index is 0.0304. The molecule has 0 spiro atoms. The minimum atomic E-state index is -2.75. The standard InChI is InChI=1S/C6H6ClF2N2O/c1-2-12-5-4(7)3-10-11(5)6(8)9/h6H,2H2,1H3. The number of halogens is 3. The predicted molar refractivity (Wildman–Crippen MR) is 38.5 cm³/mol. The Balaban J connectivity index is 2.95. The number of alkyl halides is 2. The van der Waals surface area contributed by atoms with Gasteiger partial charge in [-0.05, 0) is 6.92 Å². The molecule has 67 valence electrons. The fourth-order valence-electron chi connectivity index (χ4n) is 0.690. The molecule has 0 fully saturated rings. The van der Waals surface area contributed by atoms with E-state index in [0.29, 0.717) is 4.68 Å². The molecule has 0 amide bonds. The van der Waals surface area contributed by atoms with Gasteiger partial charge in [-0.1, -0.05) is 11.6 Å². The first-order valence-electron chi connectivity index (χ1n) is 3.23. The van der Waals surface area contributed by atoms with Crippen LogP contribution >= 0.6 is 11.6 Å². The molecular weight excluding hydrogens is 190 g/mol. The Morgan fingerprint density at radius 2 is 2.42 bits per heavy atom. The number of ether oxygens (including phenoxy) is 1. The summed E-state index contributed by atoms with van der Waals surface area (Å²) in [7, 11) is 0. The van der Waals surface area contributed by atoms with E-state index in [1.54, 1.807) is 6.92 Å². The molecule has 0 saturated carbocycles. The van der Waals surface area contributed by atoms with E-state index in [2.05, 4.69) is 11.3 Å². The zero-order chi connectivity index (χ0) is 9.14. The van der Waals surface area contributed by atoms with Crippen molar-refractivity contribution in [3.05, 3.63) is 11.2 Å². The Hall–Kier alpha value is -0.840. The quantitative estimate of drug-likeness (QED) is 0.739. The lowest BCUT2D eigenvalue weighted by Crippen LogP contribution is -2.05. The van der Waals surface area contributed by atoms with Crippen molar-refractivity contribution in [2.75, 3.05) is 6.61 Å². The molecule has 0 unspecified atom stereocenters. The number of aromatic nitrogens is 2. The third-order valence-corrected chi connectivity index (χ3v) is 1.36. The summed E-state index contributed by atoms with van der Waals surface area (Å²) in [5, 5.41) is 3.19. The first kappa shape index (κ1) is 9.25. The van der Waals surface area contributed by atoms with Gasteiger partial charge in [0.15, 0.2) is 0 Å². The van der Waals surface area contributed by atoms with Gasteiger partial charge in [0.05, 0.1) is 6.61 Å². The average Bonchev–Trinajstić information content (AvgIpc) is 2.34. The van der Waals surface area contributed by atoms with Crippen LogP contribution in [0, 0.1) is 6.20 Å². The van der Waals surface area contributed by atoms with Crippen LogP contribution in [-0.4, -0.2) is 16.4 Å². The van der Waals surface area contributed by atoms with Crippen LogP contribution in [0.1, 0.15) is 13.5 Å². The summed E-state index contributed by atoms with van der Waals surface area (Å²) in [4.78, 5) is 0. The van der Waals surface area contributed by atoms with Gasteiger partial charge in [0.2, 0.25) is 5.88 Å². The van der Waals surface area contributed by atoms with Crippen molar-refractivity contribution in [1.29, 1.82) is 0 Å². The summed E-state index contributed by atoms with van der Waals surface area (Å²) < 4.78 is 29.4. The van der Waals surface area contributed by atoms with Gasteiger partial charge in [0.25, 0.3) is 0 Å². The van der Waals surface area contributed by atoms with Crippen molar-refractivity contribution in [2.45, 2.75) is 13.5 Å².